The fraction of sp³-hybridized carbons (Fsp3) is 0.556. The van der Waals surface area contributed by atoms with Crippen LogP contribution in [0, 0.1) is 6.92 Å². The van der Waals surface area contributed by atoms with Crippen molar-refractivity contribution in [1.29, 1.82) is 0 Å². The van der Waals surface area contributed by atoms with Gasteiger partial charge in [-0.25, -0.2) is 15.0 Å². The first kappa shape index (κ1) is 17.0. The zero-order valence-electron chi connectivity index (χ0n) is 15.0. The van der Waals surface area contributed by atoms with E-state index in [-0.39, 0.29) is 11.7 Å². The number of hydrogen-bond donors (Lipinski definition) is 2. The summed E-state index contributed by atoms with van der Waals surface area (Å²) in [6.07, 6.45) is 6.41. The summed E-state index contributed by atoms with van der Waals surface area (Å²) in [6.45, 7) is 5.36. The molecule has 4 heterocycles. The second kappa shape index (κ2) is 7.41. The molecule has 0 aliphatic carbocycles. The van der Waals surface area contributed by atoms with Gasteiger partial charge in [0.25, 0.3) is 5.56 Å². The van der Waals surface area contributed by atoms with Gasteiger partial charge < -0.3 is 15.0 Å². The Morgan fingerprint density at radius 2 is 2.15 bits per heavy atom. The van der Waals surface area contributed by atoms with Crippen LogP contribution in [0.4, 0.5) is 11.9 Å². The minimum atomic E-state index is -0.201. The lowest BCUT2D eigenvalue weighted by atomic mass is 10.2. The third-order valence-corrected chi connectivity index (χ3v) is 4.89. The molecule has 2 N–H and O–H groups in total. The number of anilines is 2. The highest BCUT2D eigenvalue weighted by Crippen LogP contribution is 2.23. The Labute approximate surface area is 152 Å². The van der Waals surface area contributed by atoms with Gasteiger partial charge in [0.1, 0.15) is 0 Å². The molecule has 0 radical (unpaired) electrons. The lowest BCUT2D eigenvalue weighted by Gasteiger charge is -2.16. The number of aryl methyl sites for hydroxylation is 1. The third kappa shape index (κ3) is 3.70. The molecule has 2 aliphatic rings. The van der Waals surface area contributed by atoms with Crippen LogP contribution in [0.2, 0.25) is 0 Å². The molecule has 0 unspecified atom stereocenters. The molecule has 8 heteroatoms. The van der Waals surface area contributed by atoms with Crippen LogP contribution in [0.25, 0.3) is 11.3 Å². The van der Waals surface area contributed by atoms with Crippen molar-refractivity contribution in [3.8, 4) is 11.3 Å². The highest BCUT2D eigenvalue weighted by Gasteiger charge is 2.18. The highest BCUT2D eigenvalue weighted by atomic mass is 16.5. The summed E-state index contributed by atoms with van der Waals surface area (Å²) >= 11 is 0. The van der Waals surface area contributed by atoms with E-state index in [0.717, 1.165) is 49.7 Å². The van der Waals surface area contributed by atoms with Gasteiger partial charge in [0.2, 0.25) is 11.9 Å². The summed E-state index contributed by atoms with van der Waals surface area (Å²) in [5, 5.41) is 3.17. The second-order valence-electron chi connectivity index (χ2n) is 6.86. The molecule has 1 atom stereocenters. The van der Waals surface area contributed by atoms with Crippen molar-refractivity contribution in [2.45, 2.75) is 38.7 Å². The van der Waals surface area contributed by atoms with Gasteiger partial charge in [-0.2, -0.15) is 0 Å². The maximum atomic E-state index is 12.1. The van der Waals surface area contributed by atoms with Crippen molar-refractivity contribution in [2.75, 3.05) is 36.5 Å². The second-order valence-corrected chi connectivity index (χ2v) is 6.86. The zero-order valence-corrected chi connectivity index (χ0v) is 15.0. The molecule has 2 fully saturated rings. The van der Waals surface area contributed by atoms with E-state index in [2.05, 4.69) is 30.2 Å². The summed E-state index contributed by atoms with van der Waals surface area (Å²) in [5.41, 5.74) is 1.98. The van der Waals surface area contributed by atoms with Crippen molar-refractivity contribution in [2.24, 2.45) is 0 Å². The predicted octanol–water partition coefficient (Wildman–Crippen LogP) is 1.73. The Hall–Kier alpha value is -2.48. The maximum Gasteiger partial charge on any atom is 0.252 e. The number of nitrogens with one attached hydrogen (secondary N) is 2. The molecule has 0 spiro atoms. The Bertz CT molecular complexity index is 825. The maximum absolute atomic E-state index is 12.1. The van der Waals surface area contributed by atoms with E-state index >= 15 is 0 Å². The Morgan fingerprint density at radius 3 is 2.88 bits per heavy atom. The number of hydrogen-bond acceptors (Lipinski definition) is 7. The molecule has 0 bridgehead atoms. The number of aromatic nitrogens is 4. The van der Waals surface area contributed by atoms with Gasteiger partial charge in [-0.1, -0.05) is 0 Å². The van der Waals surface area contributed by atoms with E-state index in [4.69, 9.17) is 4.74 Å². The molecule has 8 nitrogen and oxygen atoms in total. The van der Waals surface area contributed by atoms with Gasteiger partial charge in [-0.15, -0.1) is 0 Å². The molecule has 0 amide bonds. The molecule has 2 saturated heterocycles. The van der Waals surface area contributed by atoms with Gasteiger partial charge in [0.05, 0.1) is 17.5 Å². The topological polar surface area (TPSA) is 96.0 Å². The average molecular weight is 356 g/mol. The van der Waals surface area contributed by atoms with Crippen LogP contribution in [0.3, 0.4) is 0 Å². The van der Waals surface area contributed by atoms with E-state index < -0.39 is 0 Å². The summed E-state index contributed by atoms with van der Waals surface area (Å²) < 4.78 is 5.59. The van der Waals surface area contributed by atoms with Crippen LogP contribution < -0.4 is 15.8 Å². The molecular formula is C18H24N6O2. The first-order chi connectivity index (χ1) is 12.7. The minimum absolute atomic E-state index is 0.175. The van der Waals surface area contributed by atoms with Gasteiger partial charge in [0.15, 0.2) is 0 Å². The van der Waals surface area contributed by atoms with Crippen molar-refractivity contribution in [1.82, 2.24) is 19.9 Å². The number of rotatable bonds is 5. The summed E-state index contributed by atoms with van der Waals surface area (Å²) in [4.78, 5) is 30.6. The fourth-order valence-corrected chi connectivity index (χ4v) is 3.47. The van der Waals surface area contributed by atoms with E-state index in [9.17, 15) is 4.79 Å². The quantitative estimate of drug-likeness (QED) is 0.842. The Kier molecular flexibility index (Phi) is 4.83. The summed E-state index contributed by atoms with van der Waals surface area (Å²) in [7, 11) is 0. The normalized spacial score (nSPS) is 19.9. The molecule has 4 rings (SSSR count). The van der Waals surface area contributed by atoms with Crippen LogP contribution in [-0.2, 0) is 4.74 Å². The molecule has 2 aromatic rings. The van der Waals surface area contributed by atoms with Gasteiger partial charge in [-0.3, -0.25) is 9.78 Å². The lowest BCUT2D eigenvalue weighted by Crippen LogP contribution is -2.22. The predicted molar refractivity (Wildman–Crippen MR) is 99.5 cm³/mol. The van der Waals surface area contributed by atoms with Crippen molar-refractivity contribution >= 4 is 11.9 Å². The van der Waals surface area contributed by atoms with Crippen molar-refractivity contribution in [3.63, 3.8) is 0 Å². The molecule has 0 aromatic carbocycles. The minimum Gasteiger partial charge on any atom is -0.376 e. The number of aromatic amines is 1. The van der Waals surface area contributed by atoms with Crippen LogP contribution in [0.5, 0.6) is 0 Å². The Balaban J connectivity index is 1.55. The smallest absolute Gasteiger partial charge is 0.252 e. The van der Waals surface area contributed by atoms with Crippen LogP contribution >= 0.6 is 0 Å². The average Bonchev–Trinajstić information content (AvgIpc) is 3.33. The zero-order chi connectivity index (χ0) is 17.9. The van der Waals surface area contributed by atoms with Crippen LogP contribution in [0.15, 0.2) is 17.1 Å². The van der Waals surface area contributed by atoms with E-state index in [1.807, 2.05) is 6.92 Å². The molecule has 2 aromatic heterocycles. The molecule has 2 aliphatic heterocycles. The van der Waals surface area contributed by atoms with Gasteiger partial charge in [0, 0.05) is 44.1 Å². The highest BCUT2D eigenvalue weighted by molar-refractivity contribution is 5.62. The molecule has 0 saturated carbocycles. The Morgan fingerprint density at radius 1 is 1.31 bits per heavy atom. The summed E-state index contributed by atoms with van der Waals surface area (Å²) in [6, 6.07) is 1.48. The van der Waals surface area contributed by atoms with E-state index in [1.165, 1.54) is 18.9 Å². The number of ether oxygens (including phenoxy) is 1. The fourth-order valence-electron chi connectivity index (χ4n) is 3.47. The van der Waals surface area contributed by atoms with Crippen LogP contribution in [0.1, 0.15) is 31.4 Å². The SMILES string of the molecule is Cc1nc(N2CCCC2)ncc1-c1cc(=O)[nH]c(NC[C@@H]2CCCO2)n1. The summed E-state index contributed by atoms with van der Waals surface area (Å²) in [5.74, 6) is 1.20. The first-order valence-electron chi connectivity index (χ1n) is 9.25. The van der Waals surface area contributed by atoms with E-state index in [1.54, 1.807) is 6.20 Å². The van der Waals surface area contributed by atoms with Crippen molar-refractivity contribution in [3.05, 3.63) is 28.3 Å². The lowest BCUT2D eigenvalue weighted by molar-refractivity contribution is 0.120. The molecule has 138 valence electrons. The van der Waals surface area contributed by atoms with Crippen molar-refractivity contribution < 1.29 is 4.74 Å². The monoisotopic (exact) mass is 356 g/mol. The van der Waals surface area contributed by atoms with Crippen LogP contribution in [-0.4, -0.2) is 52.3 Å². The standard InChI is InChI=1S/C18H24N6O2/c1-12-14(11-20-18(21-12)24-6-2-3-7-24)15-9-16(25)23-17(22-15)19-10-13-5-4-8-26-13/h9,11,13H,2-8,10H2,1H3,(H2,19,22,23,25)/t13-/m0/s1. The molecule has 26 heavy (non-hydrogen) atoms. The third-order valence-electron chi connectivity index (χ3n) is 4.89. The van der Waals surface area contributed by atoms with E-state index in [0.29, 0.717) is 18.2 Å². The number of nitrogens with zero attached hydrogens (tertiary/aromatic N) is 4. The largest absolute Gasteiger partial charge is 0.376 e. The van der Waals surface area contributed by atoms with Gasteiger partial charge in [-0.05, 0) is 32.6 Å². The molecular weight excluding hydrogens is 332 g/mol. The first-order valence-corrected chi connectivity index (χ1v) is 9.25. The van der Waals surface area contributed by atoms with Gasteiger partial charge >= 0.3 is 0 Å². The number of H-pyrrole nitrogens is 1.